The Labute approximate surface area is 59.1 Å². The van der Waals surface area contributed by atoms with E-state index in [2.05, 4.69) is 9.68 Å². The van der Waals surface area contributed by atoms with Crippen molar-refractivity contribution >= 4 is 32.6 Å². The Morgan fingerprint density at radius 3 is 2.88 bits per heavy atom. The van der Waals surface area contributed by atoms with Crippen molar-refractivity contribution in [2.75, 3.05) is 0 Å². The van der Waals surface area contributed by atoms with Crippen LogP contribution in [0.4, 0.5) is 0 Å². The average Bonchev–Trinajstić information content (AvgIpc) is 2.14. The molecule has 1 aromatic rings. The van der Waals surface area contributed by atoms with E-state index >= 15 is 0 Å². The molecule has 0 bridgehead atoms. The van der Waals surface area contributed by atoms with Crippen molar-refractivity contribution < 1.29 is 9.32 Å². The molecular weight excluding hydrogens is 213 g/mol. The van der Waals surface area contributed by atoms with Gasteiger partial charge in [0.1, 0.15) is 0 Å². The van der Waals surface area contributed by atoms with Crippen LogP contribution in [-0.2, 0) is 0 Å². The first-order valence-corrected chi connectivity index (χ1v) is 3.39. The van der Waals surface area contributed by atoms with Crippen LogP contribution in [0.1, 0.15) is 10.5 Å². The van der Waals surface area contributed by atoms with Gasteiger partial charge >= 0.3 is 58.8 Å². The summed E-state index contributed by atoms with van der Waals surface area (Å²) in [5.74, 6) is 0. The van der Waals surface area contributed by atoms with Crippen LogP contribution in [0.5, 0.6) is 0 Å². The maximum atomic E-state index is 9.91. The molecule has 4 heteroatoms. The Morgan fingerprint density at radius 1 is 1.88 bits per heavy atom. The van der Waals surface area contributed by atoms with Gasteiger partial charge in [0.2, 0.25) is 0 Å². The van der Waals surface area contributed by atoms with Crippen LogP contribution in [0.2, 0.25) is 0 Å². The van der Waals surface area contributed by atoms with Gasteiger partial charge in [-0.05, 0) is 0 Å². The molecule has 0 unspecified atom stereocenters. The molecule has 1 aromatic heterocycles. The number of aromatic nitrogens is 1. The predicted octanol–water partition coefficient (Wildman–Crippen LogP) is -0.719. The second-order valence-electron chi connectivity index (χ2n) is 1.23. The van der Waals surface area contributed by atoms with Gasteiger partial charge in [0.05, 0.1) is 0 Å². The molecule has 39 valence electrons. The molecule has 0 amide bonds. The van der Waals surface area contributed by atoms with E-state index in [1.165, 1.54) is 0 Å². The van der Waals surface area contributed by atoms with Gasteiger partial charge in [0, 0.05) is 0 Å². The molecule has 0 saturated heterocycles. The maximum absolute atomic E-state index is 9.91. The van der Waals surface area contributed by atoms with Crippen LogP contribution in [0, 0.1) is 0 Å². The molecule has 0 fully saturated rings. The molecule has 3 radical (unpaired) electrons. The Morgan fingerprint density at radius 2 is 2.62 bits per heavy atom. The van der Waals surface area contributed by atoms with Gasteiger partial charge < -0.3 is 0 Å². The molecule has 0 saturated carbocycles. The number of carbonyl (C=O) groups excluding carboxylic acids is 1. The van der Waals surface area contributed by atoms with E-state index in [1.807, 2.05) is 0 Å². The molecule has 3 nitrogen and oxygen atoms in total. The molecule has 0 aromatic carbocycles. The molecule has 0 N–H and O–H groups in total. The van der Waals surface area contributed by atoms with Crippen LogP contribution < -0.4 is 3.78 Å². The van der Waals surface area contributed by atoms with E-state index in [-0.39, 0.29) is 0 Å². The standard InChI is InChI=1S/C4H2NO2.Sn/c6-3-4-1-2-7-5-4;/h1,3H;. The van der Waals surface area contributed by atoms with Crippen molar-refractivity contribution in [1.29, 1.82) is 0 Å². The zero-order valence-electron chi connectivity index (χ0n) is 3.92. The van der Waals surface area contributed by atoms with Crippen molar-refractivity contribution in [2.24, 2.45) is 0 Å². The van der Waals surface area contributed by atoms with Gasteiger partial charge in [-0.3, -0.25) is 0 Å². The summed E-state index contributed by atoms with van der Waals surface area (Å²) < 4.78 is 5.36. The molecular formula is C4H2NO2Sn. The monoisotopic (exact) mass is 216 g/mol. The van der Waals surface area contributed by atoms with Crippen molar-refractivity contribution in [3.8, 4) is 0 Å². The van der Waals surface area contributed by atoms with Gasteiger partial charge in [0.15, 0.2) is 0 Å². The zero-order chi connectivity index (χ0) is 5.98. The van der Waals surface area contributed by atoms with E-state index < -0.39 is 0 Å². The topological polar surface area (TPSA) is 43.1 Å². The Bertz CT molecular complexity index is 196. The van der Waals surface area contributed by atoms with Crippen molar-refractivity contribution in [2.45, 2.75) is 0 Å². The molecule has 0 aliphatic carbocycles. The van der Waals surface area contributed by atoms with Gasteiger partial charge in [-0.15, -0.1) is 0 Å². The Balaban J connectivity index is 3.00. The van der Waals surface area contributed by atoms with E-state index in [9.17, 15) is 4.79 Å². The third kappa shape index (κ3) is 1.09. The third-order valence-corrected chi connectivity index (χ3v) is 1.32. The summed E-state index contributed by atoms with van der Waals surface area (Å²) in [4.78, 5) is 9.91. The first-order chi connectivity index (χ1) is 3.83. The predicted molar refractivity (Wildman–Crippen MR) is 27.3 cm³/mol. The number of hydrogen-bond acceptors (Lipinski definition) is 3. The van der Waals surface area contributed by atoms with E-state index in [4.69, 9.17) is 0 Å². The van der Waals surface area contributed by atoms with E-state index in [1.54, 1.807) is 6.07 Å². The van der Waals surface area contributed by atoms with Crippen molar-refractivity contribution in [3.05, 3.63) is 11.8 Å². The number of hydrogen-bond donors (Lipinski definition) is 0. The molecule has 8 heavy (non-hydrogen) atoms. The summed E-state index contributed by atoms with van der Waals surface area (Å²) in [7, 11) is 0. The molecule has 0 atom stereocenters. The Kier molecular flexibility index (Phi) is 1.67. The fourth-order valence-corrected chi connectivity index (χ4v) is 0.897. The normalized spacial score (nSPS) is 9.12. The van der Waals surface area contributed by atoms with Crippen molar-refractivity contribution in [1.82, 2.24) is 5.16 Å². The first-order valence-electron chi connectivity index (χ1n) is 1.96. The summed E-state index contributed by atoms with van der Waals surface area (Å²) in [6.45, 7) is 0. The van der Waals surface area contributed by atoms with Crippen LogP contribution in [0.3, 0.4) is 0 Å². The first kappa shape index (κ1) is 5.81. The Hall–Kier alpha value is -0.321. The van der Waals surface area contributed by atoms with Crippen LogP contribution >= 0.6 is 0 Å². The van der Waals surface area contributed by atoms with Crippen LogP contribution in [0.15, 0.2) is 10.6 Å². The quantitative estimate of drug-likeness (QED) is 0.458. The zero-order valence-corrected chi connectivity index (χ0v) is 6.77. The van der Waals surface area contributed by atoms with E-state index in [0.717, 1.165) is 26.3 Å². The molecule has 1 heterocycles. The fraction of sp³-hybridized carbons (Fsp3) is 0. The van der Waals surface area contributed by atoms with Crippen LogP contribution in [-0.4, -0.2) is 34.0 Å². The van der Waals surface area contributed by atoms with Gasteiger partial charge in [0.25, 0.3) is 0 Å². The fourth-order valence-electron chi connectivity index (χ4n) is 0.344. The third-order valence-electron chi connectivity index (χ3n) is 0.649. The number of rotatable bonds is 1. The van der Waals surface area contributed by atoms with E-state index in [0.29, 0.717) is 12.0 Å². The number of nitrogens with zero attached hydrogens (tertiary/aromatic N) is 1. The SMILES string of the molecule is O=Cc1c[c]([Sn])on1. The van der Waals surface area contributed by atoms with Crippen molar-refractivity contribution in [3.63, 3.8) is 0 Å². The summed E-state index contributed by atoms with van der Waals surface area (Å²) >= 11 is 1.14. The summed E-state index contributed by atoms with van der Waals surface area (Å²) in [6, 6.07) is 1.62. The molecule has 0 aliphatic heterocycles. The number of aldehydes is 1. The van der Waals surface area contributed by atoms with Gasteiger partial charge in [-0.1, -0.05) is 0 Å². The second-order valence-corrected chi connectivity index (χ2v) is 2.64. The average molecular weight is 215 g/mol. The minimum absolute atomic E-state index is 0.372. The second kappa shape index (κ2) is 2.30. The minimum atomic E-state index is 0.372. The summed E-state index contributed by atoms with van der Waals surface area (Å²) in [6.07, 6.45) is 0.664. The van der Waals surface area contributed by atoms with Gasteiger partial charge in [-0.2, -0.15) is 0 Å². The van der Waals surface area contributed by atoms with Crippen LogP contribution in [0.25, 0.3) is 0 Å². The number of carbonyl (C=O) groups is 1. The molecule has 0 spiro atoms. The van der Waals surface area contributed by atoms with Gasteiger partial charge in [-0.25, -0.2) is 0 Å². The summed E-state index contributed by atoms with van der Waals surface area (Å²) in [5, 5.41) is 3.41. The molecule has 1 rings (SSSR count). The molecule has 0 aliphatic rings. The summed E-state index contributed by atoms with van der Waals surface area (Å²) in [5.41, 5.74) is 0.372.